The van der Waals surface area contributed by atoms with E-state index < -0.39 is 34.0 Å². The first-order chi connectivity index (χ1) is 24.1. The van der Waals surface area contributed by atoms with Crippen molar-refractivity contribution in [3.63, 3.8) is 0 Å². The fourth-order valence-corrected chi connectivity index (χ4v) is 6.17. The third kappa shape index (κ3) is 8.57. The molecule has 5 aromatic carbocycles. The first-order valence-electron chi connectivity index (χ1n) is 15.3. The van der Waals surface area contributed by atoms with Crippen molar-refractivity contribution in [3.8, 4) is 11.5 Å². The number of aliphatic carboxylic acids is 1. The van der Waals surface area contributed by atoms with E-state index in [1.54, 1.807) is 72.8 Å². The molecule has 0 radical (unpaired) electrons. The number of sulfonamides is 1. The molecule has 2 atom stereocenters. The van der Waals surface area contributed by atoms with Gasteiger partial charge in [0.25, 0.3) is 10.0 Å². The van der Waals surface area contributed by atoms with E-state index in [-0.39, 0.29) is 40.1 Å². The molecular formula is C37H35N5O7S. The molecule has 12 nitrogen and oxygen atoms in total. The molecule has 0 aliphatic carbocycles. The summed E-state index contributed by atoms with van der Waals surface area (Å²) in [6.07, 6.45) is 0. The number of anilines is 2. The summed E-state index contributed by atoms with van der Waals surface area (Å²) in [6, 6.07) is 31.6. The van der Waals surface area contributed by atoms with Crippen molar-refractivity contribution in [1.82, 2.24) is 5.32 Å². The van der Waals surface area contributed by atoms with E-state index in [1.165, 1.54) is 31.4 Å². The molecule has 7 N–H and O–H groups in total. The van der Waals surface area contributed by atoms with E-state index in [0.29, 0.717) is 16.8 Å². The highest BCUT2D eigenvalue weighted by Gasteiger charge is 2.32. The van der Waals surface area contributed by atoms with Gasteiger partial charge in [-0.1, -0.05) is 78.9 Å². The van der Waals surface area contributed by atoms with Crippen molar-refractivity contribution in [2.45, 2.75) is 23.6 Å². The molecule has 0 aliphatic heterocycles. The lowest BCUT2D eigenvalue weighted by molar-refractivity contribution is -0.142. The van der Waals surface area contributed by atoms with Crippen LogP contribution in [0.1, 0.15) is 34.3 Å². The number of amidine groups is 1. The van der Waals surface area contributed by atoms with Crippen molar-refractivity contribution in [1.29, 1.82) is 5.41 Å². The van der Waals surface area contributed by atoms with Gasteiger partial charge in [-0.2, -0.15) is 0 Å². The van der Waals surface area contributed by atoms with Gasteiger partial charge in [0, 0.05) is 22.9 Å². The summed E-state index contributed by atoms with van der Waals surface area (Å²) >= 11 is 0. The summed E-state index contributed by atoms with van der Waals surface area (Å²) in [5.41, 5.74) is 7.69. The minimum Gasteiger partial charge on any atom is -0.493 e. The second-order valence-electron chi connectivity index (χ2n) is 11.0. The number of carboxylic acids is 1. The van der Waals surface area contributed by atoms with E-state index in [0.717, 1.165) is 5.56 Å². The molecule has 0 aromatic heterocycles. The molecule has 0 saturated heterocycles. The van der Waals surface area contributed by atoms with Crippen LogP contribution in [0.2, 0.25) is 0 Å². The molecule has 13 heteroatoms. The standard InChI is InChI=1S/C37H35N5O7S/c1-48-31-21-29(30(42-50(46,47)28-15-9-4-10-16-28)22-32(31)49-23-24-11-5-2-6-12-24)34(40-27-19-17-26(18-20-27)35(38)39)36(43)41-33(37(44)45)25-13-7-3-8-14-25/h2-22,33-34,40,42H,23H2,1H3,(H3,38,39)(H,41,43)(H,44,45)/t33?,34-/m0/s1. The van der Waals surface area contributed by atoms with Gasteiger partial charge < -0.3 is 30.9 Å². The fourth-order valence-electron chi connectivity index (χ4n) is 5.07. The molecule has 0 bridgehead atoms. The van der Waals surface area contributed by atoms with E-state index in [4.69, 9.17) is 20.6 Å². The van der Waals surface area contributed by atoms with Crippen LogP contribution in [0.4, 0.5) is 11.4 Å². The molecule has 0 aliphatic rings. The lowest BCUT2D eigenvalue weighted by Crippen LogP contribution is -2.39. The van der Waals surface area contributed by atoms with Crippen molar-refractivity contribution in [2.24, 2.45) is 5.73 Å². The van der Waals surface area contributed by atoms with Gasteiger partial charge >= 0.3 is 5.97 Å². The van der Waals surface area contributed by atoms with E-state index in [9.17, 15) is 23.1 Å². The third-order valence-electron chi connectivity index (χ3n) is 7.62. The Kier molecular flexibility index (Phi) is 11.0. The Hall–Kier alpha value is -6.34. The Balaban J connectivity index is 1.64. The maximum absolute atomic E-state index is 14.3. The minimum absolute atomic E-state index is 0.0303. The molecule has 0 spiro atoms. The van der Waals surface area contributed by atoms with Crippen LogP contribution in [-0.4, -0.2) is 38.3 Å². The van der Waals surface area contributed by atoms with E-state index >= 15 is 0 Å². The maximum Gasteiger partial charge on any atom is 0.330 e. The zero-order chi connectivity index (χ0) is 35.7. The van der Waals surface area contributed by atoms with Gasteiger partial charge in [0.15, 0.2) is 17.5 Å². The highest BCUT2D eigenvalue weighted by atomic mass is 32.2. The molecule has 1 unspecified atom stereocenters. The van der Waals surface area contributed by atoms with Gasteiger partial charge in [-0.3, -0.25) is 14.9 Å². The number of ether oxygens (including phenoxy) is 2. The number of carbonyl (C=O) groups is 2. The molecule has 5 rings (SSSR count). The molecule has 256 valence electrons. The number of amides is 1. The monoisotopic (exact) mass is 693 g/mol. The number of rotatable bonds is 15. The summed E-state index contributed by atoms with van der Waals surface area (Å²) in [6.45, 7) is 0.128. The SMILES string of the molecule is COc1cc([C@H](Nc2ccc(C(=N)N)cc2)C(=O)NC(C(=O)O)c2ccccc2)c(NS(=O)(=O)c2ccccc2)cc1OCc1ccccc1. The van der Waals surface area contributed by atoms with Crippen LogP contribution in [0.3, 0.4) is 0 Å². The number of nitrogens with two attached hydrogens (primary N) is 1. The van der Waals surface area contributed by atoms with Crippen LogP contribution in [0.25, 0.3) is 0 Å². The van der Waals surface area contributed by atoms with E-state index in [1.807, 2.05) is 30.3 Å². The van der Waals surface area contributed by atoms with Gasteiger partial charge in [0.1, 0.15) is 18.5 Å². The van der Waals surface area contributed by atoms with Crippen molar-refractivity contribution in [3.05, 3.63) is 150 Å². The van der Waals surface area contributed by atoms with Crippen LogP contribution in [0.5, 0.6) is 11.5 Å². The first kappa shape index (κ1) is 35.0. The molecule has 50 heavy (non-hydrogen) atoms. The first-order valence-corrected chi connectivity index (χ1v) is 16.8. The van der Waals surface area contributed by atoms with Crippen LogP contribution in [0, 0.1) is 5.41 Å². The highest BCUT2D eigenvalue weighted by molar-refractivity contribution is 7.92. The number of hydrogen-bond donors (Lipinski definition) is 6. The summed E-state index contributed by atoms with van der Waals surface area (Å²) in [5.74, 6) is -1.89. The van der Waals surface area contributed by atoms with Gasteiger partial charge in [-0.15, -0.1) is 0 Å². The molecule has 5 aromatic rings. The summed E-state index contributed by atoms with van der Waals surface area (Å²) in [5, 5.41) is 23.5. The molecule has 0 heterocycles. The highest BCUT2D eigenvalue weighted by Crippen LogP contribution is 2.39. The second-order valence-corrected chi connectivity index (χ2v) is 12.7. The number of carbonyl (C=O) groups excluding carboxylic acids is 1. The van der Waals surface area contributed by atoms with Gasteiger partial charge in [0.05, 0.1) is 17.7 Å². The lowest BCUT2D eigenvalue weighted by atomic mass is 10.0. The van der Waals surface area contributed by atoms with Gasteiger partial charge in [0.2, 0.25) is 5.91 Å². The quantitative estimate of drug-likeness (QED) is 0.0611. The summed E-state index contributed by atoms with van der Waals surface area (Å²) in [4.78, 5) is 26.6. The van der Waals surface area contributed by atoms with Crippen LogP contribution < -0.4 is 30.6 Å². The molecule has 0 saturated carbocycles. The number of benzene rings is 5. The smallest absolute Gasteiger partial charge is 0.330 e. The lowest BCUT2D eigenvalue weighted by Gasteiger charge is -2.26. The largest absolute Gasteiger partial charge is 0.493 e. The second kappa shape index (κ2) is 15.7. The number of carboxylic acid groups (broad SMARTS) is 1. The zero-order valence-corrected chi connectivity index (χ0v) is 27.7. The summed E-state index contributed by atoms with van der Waals surface area (Å²) < 4.78 is 41.7. The van der Waals surface area contributed by atoms with Crippen molar-refractivity contribution < 1.29 is 32.6 Å². The molecule has 0 fully saturated rings. The van der Waals surface area contributed by atoms with Gasteiger partial charge in [-0.25, -0.2) is 13.2 Å². The molecule has 1 amide bonds. The number of methoxy groups -OCH3 is 1. The Bertz CT molecular complexity index is 2060. The van der Waals surface area contributed by atoms with Gasteiger partial charge in [-0.05, 0) is 53.6 Å². The Morgan fingerprint density at radius 2 is 1.42 bits per heavy atom. The topological polar surface area (TPSA) is 193 Å². The van der Waals surface area contributed by atoms with Crippen LogP contribution in [0.15, 0.2) is 132 Å². The maximum atomic E-state index is 14.3. The number of nitrogens with one attached hydrogen (secondary N) is 4. The third-order valence-corrected chi connectivity index (χ3v) is 9.00. The Morgan fingerprint density at radius 1 is 0.820 bits per heavy atom. The Morgan fingerprint density at radius 3 is 2.00 bits per heavy atom. The fraction of sp³-hybridized carbons (Fsp3) is 0.108. The average molecular weight is 694 g/mol. The summed E-state index contributed by atoms with van der Waals surface area (Å²) in [7, 11) is -2.80. The normalized spacial score (nSPS) is 12.2. The average Bonchev–Trinajstić information content (AvgIpc) is 3.13. The van der Waals surface area contributed by atoms with E-state index in [2.05, 4.69) is 15.4 Å². The van der Waals surface area contributed by atoms with Crippen molar-refractivity contribution >= 4 is 39.1 Å². The Labute approximate surface area is 289 Å². The van der Waals surface area contributed by atoms with Crippen LogP contribution in [-0.2, 0) is 26.2 Å². The molecular weight excluding hydrogens is 659 g/mol. The number of hydrogen-bond acceptors (Lipinski definition) is 8. The number of nitrogen functional groups attached to an aromatic ring is 1. The predicted molar refractivity (Wildman–Crippen MR) is 190 cm³/mol. The van der Waals surface area contributed by atoms with Crippen molar-refractivity contribution in [2.75, 3.05) is 17.1 Å². The predicted octanol–water partition coefficient (Wildman–Crippen LogP) is 5.45. The minimum atomic E-state index is -4.20. The van der Waals surface area contributed by atoms with Crippen LogP contribution >= 0.6 is 0 Å². The zero-order valence-electron chi connectivity index (χ0n) is 26.9.